The predicted molar refractivity (Wildman–Crippen MR) is 82.1 cm³/mol. The van der Waals surface area contributed by atoms with Crippen LogP contribution in [0.4, 0.5) is 0 Å². The molecule has 0 unspecified atom stereocenters. The lowest BCUT2D eigenvalue weighted by atomic mass is 10.2. The van der Waals surface area contributed by atoms with E-state index in [2.05, 4.69) is 32.3 Å². The van der Waals surface area contributed by atoms with E-state index in [1.165, 1.54) is 9.35 Å². The third-order valence-electron chi connectivity index (χ3n) is 3.50. The van der Waals surface area contributed by atoms with Crippen molar-refractivity contribution in [3.63, 3.8) is 0 Å². The highest BCUT2D eigenvalue weighted by molar-refractivity contribution is 9.10. The van der Waals surface area contributed by atoms with Crippen LogP contribution < -0.4 is 5.73 Å². The van der Waals surface area contributed by atoms with E-state index in [4.69, 9.17) is 5.73 Å². The van der Waals surface area contributed by atoms with Crippen LogP contribution in [0, 0.1) is 0 Å². The first-order valence-electron chi connectivity index (χ1n) is 6.60. The Labute approximate surface area is 126 Å². The molecule has 1 saturated heterocycles. The molecular formula is C13H20BrN3OS. The minimum atomic E-state index is -0.335. The van der Waals surface area contributed by atoms with Crippen LogP contribution in [-0.4, -0.2) is 47.9 Å². The second-order valence-electron chi connectivity index (χ2n) is 4.81. The Morgan fingerprint density at radius 3 is 2.68 bits per heavy atom. The van der Waals surface area contributed by atoms with Gasteiger partial charge in [0.15, 0.2) is 0 Å². The summed E-state index contributed by atoms with van der Waals surface area (Å²) in [6, 6.07) is 1.75. The Kier molecular flexibility index (Phi) is 5.38. The molecule has 6 heteroatoms. The van der Waals surface area contributed by atoms with Crippen molar-refractivity contribution in [3.05, 3.63) is 20.8 Å². The van der Waals surface area contributed by atoms with Gasteiger partial charge in [-0.25, -0.2) is 0 Å². The van der Waals surface area contributed by atoms with Crippen molar-refractivity contribution in [2.75, 3.05) is 26.2 Å². The molecule has 2 rings (SSSR count). The third kappa shape index (κ3) is 3.78. The maximum atomic E-state index is 12.0. The molecule has 0 aliphatic carbocycles. The van der Waals surface area contributed by atoms with Gasteiger partial charge in [-0.05, 0) is 33.8 Å². The summed E-state index contributed by atoms with van der Waals surface area (Å²) in [5, 5.41) is 2.10. The monoisotopic (exact) mass is 345 g/mol. The van der Waals surface area contributed by atoms with Crippen LogP contribution in [0.15, 0.2) is 15.9 Å². The highest BCUT2D eigenvalue weighted by Gasteiger charge is 2.24. The standard InChI is InChI=1S/C13H20BrN3OS/c1-2-11(15)13(18)17-6-4-16(5-7-17)9-12-10(14)3-8-19-12/h3,8,11H,2,4-7,9,15H2,1H3/t11-/m0/s1. The smallest absolute Gasteiger partial charge is 0.239 e. The summed E-state index contributed by atoms with van der Waals surface area (Å²) in [6.45, 7) is 6.33. The average Bonchev–Trinajstić information content (AvgIpc) is 2.83. The minimum Gasteiger partial charge on any atom is -0.339 e. The normalized spacial score (nSPS) is 18.6. The van der Waals surface area contributed by atoms with Crippen LogP contribution >= 0.6 is 27.3 Å². The molecule has 1 atom stereocenters. The van der Waals surface area contributed by atoms with Crippen LogP contribution in [0.25, 0.3) is 0 Å². The number of nitrogens with zero attached hydrogens (tertiary/aromatic N) is 2. The Morgan fingerprint density at radius 1 is 1.47 bits per heavy atom. The van der Waals surface area contributed by atoms with E-state index in [0.717, 1.165) is 32.7 Å². The van der Waals surface area contributed by atoms with E-state index in [-0.39, 0.29) is 11.9 Å². The molecule has 4 nitrogen and oxygen atoms in total. The van der Waals surface area contributed by atoms with Gasteiger partial charge in [0.2, 0.25) is 5.91 Å². The number of carbonyl (C=O) groups excluding carboxylic acids is 1. The molecule has 0 spiro atoms. The van der Waals surface area contributed by atoms with Crippen molar-refractivity contribution in [3.8, 4) is 0 Å². The highest BCUT2D eigenvalue weighted by atomic mass is 79.9. The predicted octanol–water partition coefficient (Wildman–Crippen LogP) is 1.89. The van der Waals surface area contributed by atoms with Crippen molar-refractivity contribution >= 4 is 33.2 Å². The molecule has 1 fully saturated rings. The molecule has 106 valence electrons. The molecule has 19 heavy (non-hydrogen) atoms. The van der Waals surface area contributed by atoms with Crippen molar-refractivity contribution in [1.82, 2.24) is 9.80 Å². The van der Waals surface area contributed by atoms with Crippen molar-refractivity contribution < 1.29 is 4.79 Å². The van der Waals surface area contributed by atoms with E-state index in [1.807, 2.05) is 11.8 Å². The molecule has 2 heterocycles. The molecule has 1 aliphatic rings. The molecule has 1 amide bonds. The molecule has 0 saturated carbocycles. The molecule has 0 bridgehead atoms. The summed E-state index contributed by atoms with van der Waals surface area (Å²) < 4.78 is 1.18. The largest absolute Gasteiger partial charge is 0.339 e. The molecule has 0 aromatic carbocycles. The average molecular weight is 346 g/mol. The highest BCUT2D eigenvalue weighted by Crippen LogP contribution is 2.24. The van der Waals surface area contributed by atoms with Crippen molar-refractivity contribution in [1.29, 1.82) is 0 Å². The Hall–Kier alpha value is -0.430. The maximum Gasteiger partial charge on any atom is 0.239 e. The van der Waals surface area contributed by atoms with Crippen molar-refractivity contribution in [2.45, 2.75) is 25.9 Å². The molecular weight excluding hydrogens is 326 g/mol. The summed E-state index contributed by atoms with van der Waals surface area (Å²) in [6.07, 6.45) is 0.710. The Morgan fingerprint density at radius 2 is 2.16 bits per heavy atom. The van der Waals surface area contributed by atoms with E-state index in [9.17, 15) is 4.79 Å². The van der Waals surface area contributed by atoms with Crippen LogP contribution in [-0.2, 0) is 11.3 Å². The lowest BCUT2D eigenvalue weighted by molar-refractivity contribution is -0.134. The number of nitrogens with two attached hydrogens (primary N) is 1. The fraction of sp³-hybridized carbons (Fsp3) is 0.615. The number of rotatable bonds is 4. The van der Waals surface area contributed by atoms with Gasteiger partial charge in [-0.1, -0.05) is 6.92 Å². The van der Waals surface area contributed by atoms with Crippen LogP contribution in [0.3, 0.4) is 0 Å². The summed E-state index contributed by atoms with van der Waals surface area (Å²) in [4.78, 5) is 17.6. The van der Waals surface area contributed by atoms with Gasteiger partial charge in [-0.15, -0.1) is 11.3 Å². The zero-order valence-corrected chi connectivity index (χ0v) is 13.5. The van der Waals surface area contributed by atoms with Gasteiger partial charge < -0.3 is 10.6 Å². The first-order chi connectivity index (χ1) is 9.11. The van der Waals surface area contributed by atoms with Crippen molar-refractivity contribution in [2.24, 2.45) is 5.73 Å². The first kappa shape index (κ1) is 15.0. The Balaban J connectivity index is 1.83. The quantitative estimate of drug-likeness (QED) is 0.906. The van der Waals surface area contributed by atoms with Gasteiger partial charge in [0.25, 0.3) is 0 Å². The number of amides is 1. The fourth-order valence-electron chi connectivity index (χ4n) is 2.18. The molecule has 2 N–H and O–H groups in total. The summed E-state index contributed by atoms with van der Waals surface area (Å²) in [5.41, 5.74) is 5.80. The molecule has 1 aliphatic heterocycles. The molecule has 1 aromatic heterocycles. The maximum absolute atomic E-state index is 12.0. The van der Waals surface area contributed by atoms with E-state index >= 15 is 0 Å². The third-order valence-corrected chi connectivity index (χ3v) is 5.41. The van der Waals surface area contributed by atoms with Gasteiger partial charge in [-0.2, -0.15) is 0 Å². The second kappa shape index (κ2) is 6.83. The van der Waals surface area contributed by atoms with Gasteiger partial charge in [0.05, 0.1) is 6.04 Å². The summed E-state index contributed by atoms with van der Waals surface area (Å²) in [5.74, 6) is 0.0967. The lowest BCUT2D eigenvalue weighted by Gasteiger charge is -2.35. The van der Waals surface area contributed by atoms with Gasteiger partial charge >= 0.3 is 0 Å². The zero-order chi connectivity index (χ0) is 13.8. The SMILES string of the molecule is CC[C@H](N)C(=O)N1CCN(Cc2sccc2Br)CC1. The zero-order valence-electron chi connectivity index (χ0n) is 11.1. The number of hydrogen-bond acceptors (Lipinski definition) is 4. The van der Waals surface area contributed by atoms with Gasteiger partial charge in [0, 0.05) is 42.1 Å². The number of hydrogen-bond donors (Lipinski definition) is 1. The summed E-state index contributed by atoms with van der Waals surface area (Å²) in [7, 11) is 0. The van der Waals surface area contributed by atoms with E-state index in [1.54, 1.807) is 11.3 Å². The van der Waals surface area contributed by atoms with Crippen LogP contribution in [0.2, 0.25) is 0 Å². The molecule has 1 aromatic rings. The van der Waals surface area contributed by atoms with E-state index < -0.39 is 0 Å². The number of halogens is 1. The number of carbonyl (C=O) groups is 1. The first-order valence-corrected chi connectivity index (χ1v) is 8.27. The Bertz CT molecular complexity index is 429. The molecule has 0 radical (unpaired) electrons. The van der Waals surface area contributed by atoms with Crippen LogP contribution in [0.1, 0.15) is 18.2 Å². The topological polar surface area (TPSA) is 49.6 Å². The van der Waals surface area contributed by atoms with Gasteiger partial charge in [-0.3, -0.25) is 9.69 Å². The van der Waals surface area contributed by atoms with Crippen LogP contribution in [0.5, 0.6) is 0 Å². The number of thiophene rings is 1. The van der Waals surface area contributed by atoms with E-state index in [0.29, 0.717) is 6.42 Å². The number of piperazine rings is 1. The fourth-order valence-corrected chi connectivity index (χ4v) is 3.70. The summed E-state index contributed by atoms with van der Waals surface area (Å²) >= 11 is 5.33. The second-order valence-corrected chi connectivity index (χ2v) is 6.66. The minimum absolute atomic E-state index is 0.0967. The lowest BCUT2D eigenvalue weighted by Crippen LogP contribution is -2.52. The van der Waals surface area contributed by atoms with Gasteiger partial charge in [0.1, 0.15) is 0 Å².